The Kier molecular flexibility index (Phi) is 65.7. The highest BCUT2D eigenvalue weighted by atomic mass is 16.6. The Morgan fingerprint density at radius 3 is 0.802 bits per heavy atom. The average molecular weight is 1130 g/mol. The number of carbonyl (C=O) groups excluding carboxylic acids is 3. The normalized spacial score (nSPS) is 12.7. The van der Waals surface area contributed by atoms with E-state index in [1.807, 2.05) is 0 Å². The summed E-state index contributed by atoms with van der Waals surface area (Å²) in [6, 6.07) is 0. The summed E-state index contributed by atoms with van der Waals surface area (Å²) in [6.07, 6.45) is 92.9. The molecule has 0 heterocycles. The van der Waals surface area contributed by atoms with Crippen LogP contribution in [0.3, 0.4) is 0 Å². The third kappa shape index (κ3) is 67.0. The Hall–Kier alpha value is -3.67. The van der Waals surface area contributed by atoms with Crippen molar-refractivity contribution in [2.45, 2.75) is 348 Å². The zero-order valence-corrected chi connectivity index (χ0v) is 53.5. The number of hydrogen-bond donors (Lipinski definition) is 0. The van der Waals surface area contributed by atoms with Crippen LogP contribution in [0, 0.1) is 0 Å². The van der Waals surface area contributed by atoms with Crippen LogP contribution < -0.4 is 0 Å². The first-order valence-corrected chi connectivity index (χ1v) is 34.7. The van der Waals surface area contributed by atoms with Gasteiger partial charge in [0, 0.05) is 19.3 Å². The van der Waals surface area contributed by atoms with Crippen LogP contribution in [0.4, 0.5) is 0 Å². The van der Waals surface area contributed by atoms with Crippen molar-refractivity contribution in [1.29, 1.82) is 0 Å². The lowest BCUT2D eigenvalue weighted by Crippen LogP contribution is -2.30. The highest BCUT2D eigenvalue weighted by Crippen LogP contribution is 2.18. The number of unbranched alkanes of at least 4 members (excludes halogenated alkanes) is 36. The molecule has 6 nitrogen and oxygen atoms in total. The predicted octanol–water partition coefficient (Wildman–Crippen LogP) is 24.0. The summed E-state index contributed by atoms with van der Waals surface area (Å²) in [5.41, 5.74) is 0. The summed E-state index contributed by atoms with van der Waals surface area (Å²) in [5.74, 6) is -0.900. The van der Waals surface area contributed by atoms with Gasteiger partial charge in [0.25, 0.3) is 0 Å². The molecule has 0 aromatic heterocycles. The van der Waals surface area contributed by atoms with Gasteiger partial charge in [-0.25, -0.2) is 0 Å². The minimum absolute atomic E-state index is 0.0874. The van der Waals surface area contributed by atoms with E-state index in [0.29, 0.717) is 19.3 Å². The molecule has 0 N–H and O–H groups in total. The fourth-order valence-electron chi connectivity index (χ4n) is 9.90. The smallest absolute Gasteiger partial charge is 0.306 e. The van der Waals surface area contributed by atoms with Crippen molar-refractivity contribution >= 4 is 17.9 Å². The second-order valence-electron chi connectivity index (χ2n) is 23.1. The molecule has 81 heavy (non-hydrogen) atoms. The standard InChI is InChI=1S/C75H130O6/c1-4-7-10-13-16-19-22-25-27-29-31-33-35-37-39-41-43-45-47-50-53-56-59-62-65-68-74(77)80-71-72(70-79-73(76)67-64-61-58-55-52-49-24-21-18-15-12-9-6-3)81-75(78)69-66-63-60-57-54-51-48-46-44-42-40-38-36-34-32-30-28-26-23-20-17-14-11-8-5-2/h7,10,12,15-16,19,21,24-25,27,31,33,37,39,43,45,72H,4-6,8-9,11,13-14,17-18,20,22-23,26,28-30,32,34-36,38,40-42,44,46-71H2,1-3H3/b10-7-,15-12-,19-16-,24-21-,27-25-,33-31-,39-37-,45-43-. The summed E-state index contributed by atoms with van der Waals surface area (Å²) in [6.45, 7) is 6.48. The molecular weight excluding hydrogens is 997 g/mol. The molecule has 0 aliphatic heterocycles. The Bertz CT molecular complexity index is 1580. The molecule has 0 rings (SSSR count). The Labute approximate surface area is 502 Å². The van der Waals surface area contributed by atoms with E-state index in [1.165, 1.54) is 161 Å². The van der Waals surface area contributed by atoms with Gasteiger partial charge in [-0.3, -0.25) is 14.4 Å². The molecule has 0 amide bonds. The molecule has 0 aliphatic carbocycles. The fraction of sp³-hybridized carbons (Fsp3) is 0.747. The minimum atomic E-state index is -0.791. The van der Waals surface area contributed by atoms with Gasteiger partial charge in [-0.1, -0.05) is 323 Å². The van der Waals surface area contributed by atoms with E-state index in [-0.39, 0.29) is 31.1 Å². The molecule has 1 atom stereocenters. The third-order valence-electron chi connectivity index (χ3n) is 15.1. The van der Waals surface area contributed by atoms with E-state index >= 15 is 0 Å². The van der Waals surface area contributed by atoms with Crippen molar-refractivity contribution in [3.63, 3.8) is 0 Å². The SMILES string of the molecule is CC/C=C\C/C=C\C/C=C\C/C=C\C/C=C\C/C=C\CCCCCCCCC(=O)OCC(COC(=O)CCCCCCC/C=C\C/C=C\CCC)OC(=O)CCCCCCCCCCCCCCCCCCCCCCCCCCC. The minimum Gasteiger partial charge on any atom is -0.462 e. The number of rotatable bonds is 63. The second kappa shape index (κ2) is 68.8. The largest absolute Gasteiger partial charge is 0.462 e. The number of esters is 3. The molecule has 0 aromatic carbocycles. The summed E-state index contributed by atoms with van der Waals surface area (Å²) in [4.78, 5) is 38.4. The summed E-state index contributed by atoms with van der Waals surface area (Å²) in [5, 5.41) is 0. The van der Waals surface area contributed by atoms with Gasteiger partial charge in [-0.05, 0) is 96.3 Å². The molecule has 466 valence electrons. The van der Waals surface area contributed by atoms with E-state index in [2.05, 4.69) is 118 Å². The van der Waals surface area contributed by atoms with Gasteiger partial charge in [-0.2, -0.15) is 0 Å². The van der Waals surface area contributed by atoms with Crippen molar-refractivity contribution < 1.29 is 28.6 Å². The van der Waals surface area contributed by atoms with Crippen molar-refractivity contribution in [2.24, 2.45) is 0 Å². The fourth-order valence-corrected chi connectivity index (χ4v) is 9.90. The topological polar surface area (TPSA) is 78.9 Å². The van der Waals surface area contributed by atoms with Crippen LogP contribution >= 0.6 is 0 Å². The number of allylic oxidation sites excluding steroid dienone is 16. The van der Waals surface area contributed by atoms with Gasteiger partial charge in [-0.15, -0.1) is 0 Å². The molecule has 0 spiro atoms. The monoisotopic (exact) mass is 1130 g/mol. The lowest BCUT2D eigenvalue weighted by molar-refractivity contribution is -0.167. The molecule has 6 heteroatoms. The van der Waals surface area contributed by atoms with Crippen LogP contribution in [0.5, 0.6) is 0 Å². The summed E-state index contributed by atoms with van der Waals surface area (Å²) in [7, 11) is 0. The third-order valence-corrected chi connectivity index (χ3v) is 15.1. The molecule has 0 fully saturated rings. The van der Waals surface area contributed by atoms with Gasteiger partial charge >= 0.3 is 17.9 Å². The zero-order chi connectivity index (χ0) is 58.5. The van der Waals surface area contributed by atoms with Gasteiger partial charge in [0.15, 0.2) is 6.10 Å². The molecule has 0 aromatic rings. The van der Waals surface area contributed by atoms with Gasteiger partial charge in [0.1, 0.15) is 13.2 Å². The van der Waals surface area contributed by atoms with Crippen LogP contribution in [-0.2, 0) is 28.6 Å². The predicted molar refractivity (Wildman–Crippen MR) is 353 cm³/mol. The van der Waals surface area contributed by atoms with Gasteiger partial charge in [0.05, 0.1) is 0 Å². The summed E-state index contributed by atoms with van der Waals surface area (Å²) < 4.78 is 17.0. The van der Waals surface area contributed by atoms with Crippen molar-refractivity contribution in [3.05, 3.63) is 97.2 Å². The lowest BCUT2D eigenvalue weighted by atomic mass is 10.0. The van der Waals surface area contributed by atoms with E-state index in [0.717, 1.165) is 141 Å². The highest BCUT2D eigenvalue weighted by Gasteiger charge is 2.19. The first-order valence-electron chi connectivity index (χ1n) is 34.7. The quantitative estimate of drug-likeness (QED) is 0.0261. The van der Waals surface area contributed by atoms with Crippen LogP contribution in [-0.4, -0.2) is 37.2 Å². The molecule has 0 bridgehead atoms. The lowest BCUT2D eigenvalue weighted by Gasteiger charge is -2.18. The first-order chi connectivity index (χ1) is 40.0. The Morgan fingerprint density at radius 2 is 0.506 bits per heavy atom. The molecule has 0 radical (unpaired) electrons. The Morgan fingerprint density at radius 1 is 0.259 bits per heavy atom. The first kappa shape index (κ1) is 77.3. The van der Waals surface area contributed by atoms with Gasteiger partial charge in [0.2, 0.25) is 0 Å². The second-order valence-corrected chi connectivity index (χ2v) is 23.1. The Balaban J connectivity index is 4.31. The zero-order valence-electron chi connectivity index (χ0n) is 53.5. The van der Waals surface area contributed by atoms with Crippen molar-refractivity contribution in [2.75, 3.05) is 13.2 Å². The molecule has 0 aliphatic rings. The average Bonchev–Trinajstić information content (AvgIpc) is 3.46. The molecule has 0 saturated heterocycles. The van der Waals surface area contributed by atoms with E-state index in [9.17, 15) is 14.4 Å². The van der Waals surface area contributed by atoms with Crippen LogP contribution in [0.25, 0.3) is 0 Å². The van der Waals surface area contributed by atoms with E-state index in [4.69, 9.17) is 14.2 Å². The van der Waals surface area contributed by atoms with E-state index < -0.39 is 6.10 Å². The van der Waals surface area contributed by atoms with Crippen molar-refractivity contribution in [1.82, 2.24) is 0 Å². The van der Waals surface area contributed by atoms with Gasteiger partial charge < -0.3 is 14.2 Å². The maximum absolute atomic E-state index is 13.0. The maximum Gasteiger partial charge on any atom is 0.306 e. The van der Waals surface area contributed by atoms with Crippen LogP contribution in [0.1, 0.15) is 342 Å². The van der Waals surface area contributed by atoms with Crippen LogP contribution in [0.15, 0.2) is 97.2 Å². The summed E-state index contributed by atoms with van der Waals surface area (Å²) >= 11 is 0. The molecule has 0 saturated carbocycles. The highest BCUT2D eigenvalue weighted by molar-refractivity contribution is 5.71. The maximum atomic E-state index is 13.0. The number of ether oxygens (including phenoxy) is 3. The van der Waals surface area contributed by atoms with E-state index in [1.54, 1.807) is 0 Å². The number of hydrogen-bond acceptors (Lipinski definition) is 6. The molecular formula is C75H130O6. The molecule has 1 unspecified atom stereocenters. The van der Waals surface area contributed by atoms with Crippen molar-refractivity contribution in [3.8, 4) is 0 Å². The van der Waals surface area contributed by atoms with Crippen LogP contribution in [0.2, 0.25) is 0 Å². The number of carbonyl (C=O) groups is 3.